The van der Waals surface area contributed by atoms with E-state index in [0.717, 1.165) is 24.8 Å². The van der Waals surface area contributed by atoms with Crippen molar-refractivity contribution < 1.29 is 14.3 Å². The van der Waals surface area contributed by atoms with E-state index < -0.39 is 0 Å². The molecule has 1 N–H and O–H groups in total. The van der Waals surface area contributed by atoms with Gasteiger partial charge in [-0.25, -0.2) is 4.79 Å². The van der Waals surface area contributed by atoms with Crippen molar-refractivity contribution in [2.75, 3.05) is 11.9 Å². The fraction of sp³-hybridized carbons (Fsp3) is 0.579. The molecule has 0 radical (unpaired) electrons. The summed E-state index contributed by atoms with van der Waals surface area (Å²) in [5, 5.41) is 3.47. The fourth-order valence-corrected chi connectivity index (χ4v) is 4.46. The first-order chi connectivity index (χ1) is 11.3. The average molecular weight is 349 g/mol. The van der Waals surface area contributed by atoms with Crippen LogP contribution < -0.4 is 5.32 Å². The van der Waals surface area contributed by atoms with E-state index in [1.807, 2.05) is 0 Å². The third-order valence-electron chi connectivity index (χ3n) is 4.52. The Morgan fingerprint density at radius 1 is 1.38 bits per heavy atom. The second kappa shape index (κ2) is 7.51. The summed E-state index contributed by atoms with van der Waals surface area (Å²) in [4.78, 5) is 25.6. The molecular formula is C19H27NO3S. The van der Waals surface area contributed by atoms with Crippen molar-refractivity contribution in [1.29, 1.82) is 0 Å². The predicted octanol–water partition coefficient (Wildman–Crippen LogP) is 4.59. The first kappa shape index (κ1) is 18.7. The Kier molecular flexibility index (Phi) is 5.86. The van der Waals surface area contributed by atoms with Crippen molar-refractivity contribution in [3.05, 3.63) is 28.2 Å². The van der Waals surface area contributed by atoms with Gasteiger partial charge in [-0.05, 0) is 56.1 Å². The number of hydrogen-bond donors (Lipinski definition) is 1. The summed E-state index contributed by atoms with van der Waals surface area (Å²) in [6.07, 6.45) is 6.02. The molecule has 0 saturated heterocycles. The van der Waals surface area contributed by atoms with Crippen LogP contribution in [-0.4, -0.2) is 18.5 Å². The summed E-state index contributed by atoms with van der Waals surface area (Å²) in [6, 6.07) is 0. The van der Waals surface area contributed by atoms with Gasteiger partial charge in [0.15, 0.2) is 0 Å². The summed E-state index contributed by atoms with van der Waals surface area (Å²) in [5.41, 5.74) is 1.86. The summed E-state index contributed by atoms with van der Waals surface area (Å²) >= 11 is 1.52. The van der Waals surface area contributed by atoms with Crippen LogP contribution >= 0.6 is 11.3 Å². The molecule has 0 aromatic carbocycles. The SMILES string of the molecule is CC=CC(=O)Nc1sc2c(c1C(=O)OCC)CCC(C(C)(C)C)C2. The lowest BCUT2D eigenvalue weighted by Gasteiger charge is -2.33. The number of carbonyl (C=O) groups excluding carboxylic acids is 2. The van der Waals surface area contributed by atoms with Gasteiger partial charge in [-0.3, -0.25) is 4.79 Å². The number of rotatable bonds is 4. The number of ether oxygens (including phenoxy) is 1. The van der Waals surface area contributed by atoms with E-state index >= 15 is 0 Å². The topological polar surface area (TPSA) is 55.4 Å². The van der Waals surface area contributed by atoms with Gasteiger partial charge in [0.1, 0.15) is 5.00 Å². The molecule has 4 nitrogen and oxygen atoms in total. The molecule has 1 aromatic heterocycles. The van der Waals surface area contributed by atoms with Crippen molar-refractivity contribution in [2.45, 2.75) is 53.9 Å². The summed E-state index contributed by atoms with van der Waals surface area (Å²) in [7, 11) is 0. The van der Waals surface area contributed by atoms with E-state index in [1.54, 1.807) is 19.9 Å². The highest BCUT2D eigenvalue weighted by Gasteiger charge is 2.34. The van der Waals surface area contributed by atoms with E-state index in [4.69, 9.17) is 4.74 Å². The molecule has 5 heteroatoms. The minimum Gasteiger partial charge on any atom is -0.462 e. The van der Waals surface area contributed by atoms with Crippen molar-refractivity contribution >= 4 is 28.2 Å². The van der Waals surface area contributed by atoms with E-state index in [9.17, 15) is 9.59 Å². The van der Waals surface area contributed by atoms with E-state index in [1.165, 1.54) is 22.3 Å². The molecule has 0 bridgehead atoms. The van der Waals surface area contributed by atoms with Gasteiger partial charge in [0.2, 0.25) is 5.91 Å². The minimum atomic E-state index is -0.333. The van der Waals surface area contributed by atoms with Crippen LogP contribution in [-0.2, 0) is 22.4 Å². The number of allylic oxidation sites excluding steroid dienone is 1. The molecular weight excluding hydrogens is 322 g/mol. The number of carbonyl (C=O) groups is 2. The van der Waals surface area contributed by atoms with Crippen LogP contribution in [0.4, 0.5) is 5.00 Å². The Morgan fingerprint density at radius 3 is 2.67 bits per heavy atom. The molecule has 1 aliphatic rings. The maximum Gasteiger partial charge on any atom is 0.341 e. The average Bonchev–Trinajstić information content (AvgIpc) is 2.83. The molecule has 0 fully saturated rings. The lowest BCUT2D eigenvalue weighted by molar-refractivity contribution is -0.111. The molecule has 1 aromatic rings. The molecule has 1 amide bonds. The lowest BCUT2D eigenvalue weighted by Crippen LogP contribution is -2.26. The number of thiophene rings is 1. The summed E-state index contributed by atoms with van der Waals surface area (Å²) < 4.78 is 5.23. The number of hydrogen-bond acceptors (Lipinski definition) is 4. The number of anilines is 1. The Labute approximate surface area is 148 Å². The maximum absolute atomic E-state index is 12.4. The van der Waals surface area contributed by atoms with Crippen LogP contribution in [0.2, 0.25) is 0 Å². The fourth-order valence-electron chi connectivity index (χ4n) is 3.14. The van der Waals surface area contributed by atoms with Crippen molar-refractivity contribution in [1.82, 2.24) is 0 Å². The van der Waals surface area contributed by atoms with E-state index in [2.05, 4.69) is 26.1 Å². The van der Waals surface area contributed by atoms with Crippen LogP contribution in [0.3, 0.4) is 0 Å². The molecule has 0 aliphatic heterocycles. The molecule has 2 rings (SSSR count). The Bertz CT molecular complexity index is 652. The van der Waals surface area contributed by atoms with Crippen molar-refractivity contribution in [3.63, 3.8) is 0 Å². The molecule has 1 heterocycles. The number of amides is 1. The monoisotopic (exact) mass is 349 g/mol. The van der Waals surface area contributed by atoms with Gasteiger partial charge in [-0.1, -0.05) is 26.8 Å². The van der Waals surface area contributed by atoms with Crippen LogP contribution in [0.15, 0.2) is 12.2 Å². The molecule has 0 spiro atoms. The normalized spacial score (nSPS) is 17.6. The van der Waals surface area contributed by atoms with Gasteiger partial charge in [0.25, 0.3) is 0 Å². The second-order valence-corrected chi connectivity index (χ2v) is 8.33. The quantitative estimate of drug-likeness (QED) is 0.639. The predicted molar refractivity (Wildman–Crippen MR) is 98.7 cm³/mol. The van der Waals surface area contributed by atoms with Gasteiger partial charge < -0.3 is 10.1 Å². The Morgan fingerprint density at radius 2 is 2.08 bits per heavy atom. The zero-order valence-corrected chi connectivity index (χ0v) is 16.0. The zero-order chi connectivity index (χ0) is 17.9. The van der Waals surface area contributed by atoms with Crippen LogP contribution in [0.25, 0.3) is 0 Å². The number of nitrogens with one attached hydrogen (secondary N) is 1. The highest BCUT2D eigenvalue weighted by Crippen LogP contribution is 2.44. The first-order valence-electron chi connectivity index (χ1n) is 8.53. The van der Waals surface area contributed by atoms with Crippen LogP contribution in [0.1, 0.15) is 61.8 Å². The van der Waals surface area contributed by atoms with E-state index in [0.29, 0.717) is 23.1 Å². The third-order valence-corrected chi connectivity index (χ3v) is 5.69. The van der Waals surface area contributed by atoms with Gasteiger partial charge in [0.05, 0.1) is 12.2 Å². The third kappa shape index (κ3) is 4.07. The molecule has 132 valence electrons. The highest BCUT2D eigenvalue weighted by atomic mass is 32.1. The highest BCUT2D eigenvalue weighted by molar-refractivity contribution is 7.17. The zero-order valence-electron chi connectivity index (χ0n) is 15.2. The van der Waals surface area contributed by atoms with Crippen LogP contribution in [0, 0.1) is 11.3 Å². The second-order valence-electron chi connectivity index (χ2n) is 7.22. The molecule has 1 aliphatic carbocycles. The van der Waals surface area contributed by atoms with Crippen molar-refractivity contribution in [2.24, 2.45) is 11.3 Å². The van der Waals surface area contributed by atoms with Gasteiger partial charge in [-0.2, -0.15) is 0 Å². The van der Waals surface area contributed by atoms with Gasteiger partial charge in [0, 0.05) is 4.88 Å². The van der Waals surface area contributed by atoms with Crippen LogP contribution in [0.5, 0.6) is 0 Å². The number of esters is 1. The summed E-state index contributed by atoms with van der Waals surface area (Å²) in [5.74, 6) is 0.0341. The van der Waals surface area contributed by atoms with Gasteiger partial charge in [-0.15, -0.1) is 11.3 Å². The molecule has 1 atom stereocenters. The molecule has 0 saturated carbocycles. The maximum atomic E-state index is 12.4. The largest absolute Gasteiger partial charge is 0.462 e. The Balaban J connectivity index is 2.39. The molecule has 1 unspecified atom stereocenters. The minimum absolute atomic E-state index is 0.214. The van der Waals surface area contributed by atoms with E-state index in [-0.39, 0.29) is 17.3 Å². The first-order valence-corrected chi connectivity index (χ1v) is 9.34. The van der Waals surface area contributed by atoms with Crippen molar-refractivity contribution in [3.8, 4) is 0 Å². The Hall–Kier alpha value is -1.62. The van der Waals surface area contributed by atoms with Gasteiger partial charge >= 0.3 is 5.97 Å². The summed E-state index contributed by atoms with van der Waals surface area (Å²) in [6.45, 7) is 10.7. The molecule has 24 heavy (non-hydrogen) atoms. The smallest absolute Gasteiger partial charge is 0.341 e. The number of fused-ring (bicyclic) bond motifs is 1. The standard InChI is InChI=1S/C19H27NO3S/c1-6-8-15(21)20-17-16(18(22)23-7-2)13-10-9-12(19(3,4)5)11-14(13)24-17/h6,8,12H,7,9-11H2,1-5H3,(H,20,21). The lowest BCUT2D eigenvalue weighted by atomic mass is 9.72.